The number of rotatable bonds is 9. The second kappa shape index (κ2) is 11.5. The van der Waals surface area contributed by atoms with Crippen LogP contribution in [0.1, 0.15) is 23.2 Å². The van der Waals surface area contributed by atoms with E-state index in [0.717, 1.165) is 56.7 Å². The van der Waals surface area contributed by atoms with Gasteiger partial charge in [-0.15, -0.1) is 0 Å². The van der Waals surface area contributed by atoms with Crippen LogP contribution in [-0.4, -0.2) is 74.5 Å². The van der Waals surface area contributed by atoms with Gasteiger partial charge in [-0.2, -0.15) is 0 Å². The Balaban J connectivity index is 1.30. The maximum Gasteiger partial charge on any atom is 0.251 e. The molecule has 0 saturated carbocycles. The van der Waals surface area contributed by atoms with Crippen LogP contribution in [0.25, 0.3) is 11.1 Å². The third kappa shape index (κ3) is 6.97. The number of carbonyl (C=O) groups excluding carboxylic acids is 2. The highest BCUT2D eigenvalue weighted by molar-refractivity contribution is 5.96. The van der Waals surface area contributed by atoms with Crippen molar-refractivity contribution in [3.63, 3.8) is 0 Å². The highest BCUT2D eigenvalue weighted by Gasteiger charge is 2.13. The van der Waals surface area contributed by atoms with Crippen LogP contribution in [0.5, 0.6) is 0 Å². The number of amides is 2. The SMILES string of the molecule is CN1CCN(CCCCNC(=O)CNC(=O)c2ccc(-c3ccccc3)cc2)CC1. The van der Waals surface area contributed by atoms with Gasteiger partial charge in [0, 0.05) is 38.3 Å². The van der Waals surface area contributed by atoms with Crippen molar-refractivity contribution in [2.24, 2.45) is 0 Å². The smallest absolute Gasteiger partial charge is 0.251 e. The molecule has 0 unspecified atom stereocenters. The number of carbonyl (C=O) groups is 2. The topological polar surface area (TPSA) is 64.7 Å². The zero-order chi connectivity index (χ0) is 21.2. The van der Waals surface area contributed by atoms with Gasteiger partial charge < -0.3 is 20.4 Å². The maximum absolute atomic E-state index is 12.3. The number of unbranched alkanes of at least 4 members (excludes halogenated alkanes) is 1. The largest absolute Gasteiger partial charge is 0.355 e. The summed E-state index contributed by atoms with van der Waals surface area (Å²) in [6.45, 7) is 6.24. The maximum atomic E-state index is 12.3. The molecule has 0 aliphatic carbocycles. The Hall–Kier alpha value is -2.70. The molecular weight excluding hydrogens is 376 g/mol. The van der Waals surface area contributed by atoms with E-state index in [-0.39, 0.29) is 18.4 Å². The van der Waals surface area contributed by atoms with E-state index in [1.54, 1.807) is 12.1 Å². The minimum atomic E-state index is -0.236. The lowest BCUT2D eigenvalue weighted by Gasteiger charge is -2.32. The van der Waals surface area contributed by atoms with E-state index in [1.165, 1.54) is 0 Å². The first kappa shape index (κ1) is 22.0. The van der Waals surface area contributed by atoms with Gasteiger partial charge in [-0.3, -0.25) is 9.59 Å². The summed E-state index contributed by atoms with van der Waals surface area (Å²) in [4.78, 5) is 29.1. The Labute approximate surface area is 179 Å². The van der Waals surface area contributed by atoms with Crippen molar-refractivity contribution >= 4 is 11.8 Å². The second-order valence-electron chi connectivity index (χ2n) is 7.83. The van der Waals surface area contributed by atoms with Crippen molar-refractivity contribution < 1.29 is 9.59 Å². The number of hydrogen-bond donors (Lipinski definition) is 2. The molecule has 160 valence electrons. The summed E-state index contributed by atoms with van der Waals surface area (Å²) in [6, 6.07) is 17.4. The fraction of sp³-hybridized carbons (Fsp3) is 0.417. The number of benzene rings is 2. The Kier molecular flexibility index (Phi) is 8.41. The molecule has 3 rings (SSSR count). The van der Waals surface area contributed by atoms with E-state index in [2.05, 4.69) is 27.5 Å². The lowest BCUT2D eigenvalue weighted by Crippen LogP contribution is -2.44. The molecule has 1 heterocycles. The van der Waals surface area contributed by atoms with Crippen molar-refractivity contribution in [2.75, 3.05) is 52.9 Å². The van der Waals surface area contributed by atoms with Crippen molar-refractivity contribution in [1.82, 2.24) is 20.4 Å². The van der Waals surface area contributed by atoms with Gasteiger partial charge in [0.1, 0.15) is 0 Å². The van der Waals surface area contributed by atoms with Crippen LogP contribution in [0.3, 0.4) is 0 Å². The average molecular weight is 409 g/mol. The van der Waals surface area contributed by atoms with Crippen LogP contribution in [0.4, 0.5) is 0 Å². The molecule has 30 heavy (non-hydrogen) atoms. The van der Waals surface area contributed by atoms with Crippen molar-refractivity contribution in [3.8, 4) is 11.1 Å². The lowest BCUT2D eigenvalue weighted by atomic mass is 10.0. The van der Waals surface area contributed by atoms with E-state index >= 15 is 0 Å². The lowest BCUT2D eigenvalue weighted by molar-refractivity contribution is -0.120. The summed E-state index contributed by atoms with van der Waals surface area (Å²) in [5, 5.41) is 5.58. The highest BCUT2D eigenvalue weighted by atomic mass is 16.2. The van der Waals surface area contributed by atoms with Gasteiger partial charge in [-0.05, 0) is 49.7 Å². The Morgan fingerprint density at radius 1 is 0.833 bits per heavy atom. The molecule has 0 bridgehead atoms. The summed E-state index contributed by atoms with van der Waals surface area (Å²) in [7, 11) is 2.16. The van der Waals surface area contributed by atoms with E-state index in [9.17, 15) is 9.59 Å². The van der Waals surface area contributed by atoms with Crippen LogP contribution >= 0.6 is 0 Å². The van der Waals surface area contributed by atoms with Gasteiger partial charge in [-0.25, -0.2) is 0 Å². The van der Waals surface area contributed by atoms with E-state index in [1.807, 2.05) is 42.5 Å². The molecule has 1 fully saturated rings. The van der Waals surface area contributed by atoms with Gasteiger partial charge in [0.05, 0.1) is 6.54 Å². The van der Waals surface area contributed by atoms with Crippen molar-refractivity contribution in [2.45, 2.75) is 12.8 Å². The monoisotopic (exact) mass is 408 g/mol. The predicted molar refractivity (Wildman–Crippen MR) is 120 cm³/mol. The Bertz CT molecular complexity index is 800. The van der Waals surface area contributed by atoms with Crippen molar-refractivity contribution in [3.05, 3.63) is 60.2 Å². The fourth-order valence-electron chi connectivity index (χ4n) is 3.53. The molecule has 0 atom stereocenters. The van der Waals surface area contributed by atoms with Gasteiger partial charge in [-0.1, -0.05) is 42.5 Å². The molecule has 6 nitrogen and oxygen atoms in total. The van der Waals surface area contributed by atoms with Gasteiger partial charge in [0.15, 0.2) is 0 Å². The highest BCUT2D eigenvalue weighted by Crippen LogP contribution is 2.19. The molecule has 1 saturated heterocycles. The third-order valence-electron chi connectivity index (χ3n) is 5.48. The first-order valence-corrected chi connectivity index (χ1v) is 10.7. The molecule has 1 aliphatic rings. The van der Waals surface area contributed by atoms with Gasteiger partial charge in [0.2, 0.25) is 5.91 Å². The minimum absolute atomic E-state index is 0.00225. The van der Waals surface area contributed by atoms with Crippen LogP contribution in [0.15, 0.2) is 54.6 Å². The van der Waals surface area contributed by atoms with Crippen LogP contribution in [0.2, 0.25) is 0 Å². The summed E-state index contributed by atoms with van der Waals surface area (Å²) in [6.07, 6.45) is 2.02. The van der Waals surface area contributed by atoms with Crippen LogP contribution in [-0.2, 0) is 4.79 Å². The number of likely N-dealkylation sites (N-methyl/N-ethyl adjacent to an activating group) is 1. The average Bonchev–Trinajstić information content (AvgIpc) is 2.79. The molecule has 0 aromatic heterocycles. The molecule has 1 aliphatic heterocycles. The molecule has 0 radical (unpaired) electrons. The second-order valence-corrected chi connectivity index (χ2v) is 7.83. The third-order valence-corrected chi connectivity index (χ3v) is 5.48. The predicted octanol–water partition coefficient (Wildman–Crippen LogP) is 2.23. The van der Waals surface area contributed by atoms with E-state index in [0.29, 0.717) is 12.1 Å². The number of piperazine rings is 1. The summed E-state index contributed by atoms with van der Waals surface area (Å²) in [5.41, 5.74) is 2.72. The van der Waals surface area contributed by atoms with Gasteiger partial charge >= 0.3 is 0 Å². The molecule has 6 heteroatoms. The Morgan fingerprint density at radius 2 is 1.50 bits per heavy atom. The molecular formula is C24H32N4O2. The number of nitrogens with one attached hydrogen (secondary N) is 2. The quantitative estimate of drug-likeness (QED) is 0.625. The standard InChI is InChI=1S/C24H32N4O2/c1-27-15-17-28(18-16-27)14-6-5-13-25-23(29)19-26-24(30)22-11-9-21(10-12-22)20-7-3-2-4-8-20/h2-4,7-12H,5-6,13-19H2,1H3,(H,25,29)(H,26,30). The zero-order valence-corrected chi connectivity index (χ0v) is 17.8. The van der Waals surface area contributed by atoms with Gasteiger partial charge in [0.25, 0.3) is 5.91 Å². The summed E-state index contributed by atoms with van der Waals surface area (Å²) in [5.74, 6) is -0.385. The first-order valence-electron chi connectivity index (χ1n) is 10.7. The fourth-order valence-corrected chi connectivity index (χ4v) is 3.53. The van der Waals surface area contributed by atoms with E-state index < -0.39 is 0 Å². The van der Waals surface area contributed by atoms with E-state index in [4.69, 9.17) is 0 Å². The van der Waals surface area contributed by atoms with Crippen LogP contribution < -0.4 is 10.6 Å². The normalized spacial score (nSPS) is 15.0. The molecule has 2 aromatic carbocycles. The minimum Gasteiger partial charge on any atom is -0.355 e. The number of hydrogen-bond acceptors (Lipinski definition) is 4. The van der Waals surface area contributed by atoms with Crippen molar-refractivity contribution in [1.29, 1.82) is 0 Å². The Morgan fingerprint density at radius 3 is 2.20 bits per heavy atom. The summed E-state index contributed by atoms with van der Waals surface area (Å²) >= 11 is 0. The molecule has 2 amide bonds. The number of nitrogens with zero attached hydrogens (tertiary/aromatic N) is 2. The molecule has 2 aromatic rings. The molecule has 0 spiro atoms. The molecule has 2 N–H and O–H groups in total. The first-order chi connectivity index (χ1) is 14.6. The summed E-state index contributed by atoms with van der Waals surface area (Å²) < 4.78 is 0. The van der Waals surface area contributed by atoms with Crippen LogP contribution in [0, 0.1) is 0 Å². The zero-order valence-electron chi connectivity index (χ0n) is 17.8.